The van der Waals surface area contributed by atoms with Crippen LogP contribution in [0.5, 0.6) is 0 Å². The Labute approximate surface area is 186 Å². The Morgan fingerprint density at radius 1 is 1.03 bits per heavy atom. The van der Waals surface area contributed by atoms with E-state index in [-0.39, 0.29) is 11.3 Å². The van der Waals surface area contributed by atoms with Crippen LogP contribution in [0.2, 0.25) is 0 Å². The monoisotopic (exact) mass is 447 g/mol. The molecule has 2 aromatic carbocycles. The van der Waals surface area contributed by atoms with Crippen molar-refractivity contribution < 1.29 is 24.3 Å². The van der Waals surface area contributed by atoms with Crippen molar-refractivity contribution in [2.24, 2.45) is 0 Å². The molecular formula is C23H17N3O5S. The molecule has 4 rings (SSSR count). The molecule has 0 aliphatic carbocycles. The maximum Gasteiger partial charge on any atom is 0.335 e. The van der Waals surface area contributed by atoms with Crippen molar-refractivity contribution in [2.75, 3.05) is 11.9 Å². The second-order valence-corrected chi connectivity index (χ2v) is 7.86. The van der Waals surface area contributed by atoms with E-state index in [2.05, 4.69) is 10.6 Å². The molecule has 8 nitrogen and oxygen atoms in total. The molecule has 1 fully saturated rings. The summed E-state index contributed by atoms with van der Waals surface area (Å²) >= 11 is 1.37. The van der Waals surface area contributed by atoms with Gasteiger partial charge in [0.1, 0.15) is 12.2 Å². The van der Waals surface area contributed by atoms with Crippen LogP contribution in [0.3, 0.4) is 0 Å². The molecule has 0 atom stereocenters. The number of benzene rings is 2. The Bertz CT molecular complexity index is 1230. The second kappa shape index (κ2) is 8.86. The molecule has 2 heterocycles. The van der Waals surface area contributed by atoms with Gasteiger partial charge >= 0.3 is 12.0 Å². The number of carboxylic acids is 1. The molecule has 0 spiro atoms. The number of thiophene rings is 1. The lowest BCUT2D eigenvalue weighted by Crippen LogP contribution is -2.38. The Kier molecular flexibility index (Phi) is 5.82. The highest BCUT2D eigenvalue weighted by Gasteiger charge is 2.35. The van der Waals surface area contributed by atoms with Crippen molar-refractivity contribution in [3.05, 3.63) is 82.2 Å². The number of nitrogens with one attached hydrogen (secondary N) is 2. The molecule has 4 amide bonds. The molecule has 1 aliphatic rings. The molecule has 0 saturated carbocycles. The Hall–Kier alpha value is -4.24. The number of amides is 4. The van der Waals surface area contributed by atoms with E-state index < -0.39 is 30.4 Å². The fourth-order valence-corrected chi connectivity index (χ4v) is 3.96. The lowest BCUT2D eigenvalue weighted by molar-refractivity contribution is -0.127. The average molecular weight is 447 g/mol. The maximum atomic E-state index is 12.6. The maximum absolute atomic E-state index is 12.6. The first kappa shape index (κ1) is 21.0. The Morgan fingerprint density at radius 3 is 2.44 bits per heavy atom. The smallest absolute Gasteiger partial charge is 0.335 e. The number of urea groups is 1. The van der Waals surface area contributed by atoms with E-state index in [1.54, 1.807) is 42.5 Å². The van der Waals surface area contributed by atoms with Gasteiger partial charge in [-0.1, -0.05) is 30.3 Å². The third-order valence-electron chi connectivity index (χ3n) is 4.69. The lowest BCUT2D eigenvalue weighted by atomic mass is 10.1. The average Bonchev–Trinajstić information content (AvgIpc) is 3.35. The minimum absolute atomic E-state index is 0.0807. The quantitative estimate of drug-likeness (QED) is 0.394. The summed E-state index contributed by atoms with van der Waals surface area (Å²) < 4.78 is 0. The third-order valence-corrected chi connectivity index (χ3v) is 5.57. The third kappa shape index (κ3) is 4.57. The molecule has 3 aromatic rings. The molecule has 160 valence electrons. The van der Waals surface area contributed by atoms with Crippen LogP contribution < -0.4 is 10.6 Å². The van der Waals surface area contributed by atoms with Gasteiger partial charge in [-0.2, -0.15) is 0 Å². The fourth-order valence-electron chi connectivity index (χ4n) is 3.11. The molecule has 1 aliphatic heterocycles. The number of carboxylic acid groups (broad SMARTS) is 1. The molecular weight excluding hydrogens is 430 g/mol. The van der Waals surface area contributed by atoms with Crippen molar-refractivity contribution in [2.45, 2.75) is 0 Å². The van der Waals surface area contributed by atoms with Gasteiger partial charge in [0, 0.05) is 10.6 Å². The van der Waals surface area contributed by atoms with Gasteiger partial charge in [0.05, 0.1) is 5.56 Å². The summed E-state index contributed by atoms with van der Waals surface area (Å²) in [5.41, 5.74) is 2.54. The van der Waals surface area contributed by atoms with Crippen LogP contribution >= 0.6 is 11.3 Å². The Morgan fingerprint density at radius 2 is 1.75 bits per heavy atom. The van der Waals surface area contributed by atoms with Crippen LogP contribution in [-0.4, -0.2) is 40.4 Å². The predicted molar refractivity (Wildman–Crippen MR) is 120 cm³/mol. The Balaban J connectivity index is 1.45. The standard InChI is InChI=1S/C23H17N3O5S/c27-20(24-17-4-2-1-3-5-17)12-26-21(28)19(25-23(26)31)11-18-10-16(13-32-18)14-6-8-15(9-7-14)22(29)30/h1-11,13H,12H2,(H,24,27)(H,25,31)(H,29,30). The van der Waals surface area contributed by atoms with Crippen molar-refractivity contribution in [3.63, 3.8) is 0 Å². The lowest BCUT2D eigenvalue weighted by Gasteiger charge is -2.11. The summed E-state index contributed by atoms with van der Waals surface area (Å²) in [7, 11) is 0. The number of imide groups is 1. The normalized spacial score (nSPS) is 14.5. The van der Waals surface area contributed by atoms with Crippen molar-refractivity contribution in [1.82, 2.24) is 10.2 Å². The van der Waals surface area contributed by atoms with Crippen LogP contribution in [0.15, 0.2) is 71.7 Å². The molecule has 0 bridgehead atoms. The van der Waals surface area contributed by atoms with Crippen molar-refractivity contribution in [3.8, 4) is 11.1 Å². The van der Waals surface area contributed by atoms with E-state index >= 15 is 0 Å². The number of aromatic carboxylic acids is 1. The van der Waals surface area contributed by atoms with Gasteiger partial charge in [0.15, 0.2) is 0 Å². The fraction of sp³-hybridized carbons (Fsp3) is 0.0435. The number of anilines is 1. The predicted octanol–water partition coefficient (Wildman–Crippen LogP) is 3.64. The van der Waals surface area contributed by atoms with Crippen LogP contribution in [0.1, 0.15) is 15.2 Å². The van der Waals surface area contributed by atoms with Gasteiger partial charge in [-0.15, -0.1) is 11.3 Å². The van der Waals surface area contributed by atoms with Gasteiger partial charge in [-0.25, -0.2) is 14.5 Å². The summed E-state index contributed by atoms with van der Waals surface area (Å²) in [6, 6.07) is 16.4. The SMILES string of the molecule is O=C(CN1C(=O)NC(=Cc2cc(-c3ccc(C(=O)O)cc3)cs2)C1=O)Nc1ccccc1. The number of carbonyl (C=O) groups excluding carboxylic acids is 3. The molecule has 9 heteroatoms. The topological polar surface area (TPSA) is 116 Å². The molecule has 0 radical (unpaired) electrons. The first-order valence-corrected chi connectivity index (χ1v) is 10.4. The van der Waals surface area contributed by atoms with Gasteiger partial charge in [-0.3, -0.25) is 9.59 Å². The highest BCUT2D eigenvalue weighted by Crippen LogP contribution is 2.28. The molecule has 0 unspecified atom stereocenters. The number of para-hydroxylation sites is 1. The zero-order valence-electron chi connectivity index (χ0n) is 16.6. The van der Waals surface area contributed by atoms with Crippen LogP contribution in [0.25, 0.3) is 17.2 Å². The second-order valence-electron chi connectivity index (χ2n) is 6.91. The minimum atomic E-state index is -0.996. The highest BCUT2D eigenvalue weighted by molar-refractivity contribution is 7.11. The molecule has 3 N–H and O–H groups in total. The zero-order chi connectivity index (χ0) is 22.7. The highest BCUT2D eigenvalue weighted by atomic mass is 32.1. The molecule has 1 aromatic heterocycles. The minimum Gasteiger partial charge on any atom is -0.478 e. The largest absolute Gasteiger partial charge is 0.478 e. The van der Waals surface area contributed by atoms with Gasteiger partial charge in [0.25, 0.3) is 5.91 Å². The van der Waals surface area contributed by atoms with Gasteiger partial charge < -0.3 is 15.7 Å². The number of carbonyl (C=O) groups is 4. The van der Waals surface area contributed by atoms with Gasteiger partial charge in [-0.05, 0) is 52.9 Å². The van der Waals surface area contributed by atoms with E-state index in [0.717, 1.165) is 20.9 Å². The van der Waals surface area contributed by atoms with E-state index in [0.29, 0.717) is 5.69 Å². The van der Waals surface area contributed by atoms with E-state index in [1.165, 1.54) is 23.5 Å². The number of hydrogen-bond donors (Lipinski definition) is 3. The van der Waals surface area contributed by atoms with E-state index in [4.69, 9.17) is 5.11 Å². The number of nitrogens with zero attached hydrogens (tertiary/aromatic N) is 1. The molecule has 1 saturated heterocycles. The van der Waals surface area contributed by atoms with Crippen LogP contribution in [-0.2, 0) is 9.59 Å². The van der Waals surface area contributed by atoms with Crippen molar-refractivity contribution >= 4 is 46.9 Å². The summed E-state index contributed by atoms with van der Waals surface area (Å²) in [6.07, 6.45) is 1.55. The molecule has 32 heavy (non-hydrogen) atoms. The van der Waals surface area contributed by atoms with Crippen LogP contribution in [0, 0.1) is 0 Å². The summed E-state index contributed by atoms with van der Waals surface area (Å²) in [5, 5.41) is 16.0. The van der Waals surface area contributed by atoms with E-state index in [9.17, 15) is 19.2 Å². The number of hydrogen-bond acceptors (Lipinski definition) is 5. The summed E-state index contributed by atoms with van der Waals surface area (Å²) in [6.45, 7) is -0.400. The summed E-state index contributed by atoms with van der Waals surface area (Å²) in [4.78, 5) is 49.6. The first-order chi connectivity index (χ1) is 15.4. The summed E-state index contributed by atoms with van der Waals surface area (Å²) in [5.74, 6) is -2.06. The number of rotatable bonds is 6. The zero-order valence-corrected chi connectivity index (χ0v) is 17.4. The van der Waals surface area contributed by atoms with E-state index in [1.807, 2.05) is 17.5 Å². The van der Waals surface area contributed by atoms with Crippen LogP contribution in [0.4, 0.5) is 10.5 Å². The first-order valence-electron chi connectivity index (χ1n) is 9.52. The van der Waals surface area contributed by atoms with Gasteiger partial charge in [0.2, 0.25) is 5.91 Å². The van der Waals surface area contributed by atoms with Crippen molar-refractivity contribution in [1.29, 1.82) is 0 Å².